The summed E-state index contributed by atoms with van der Waals surface area (Å²) >= 11 is 5.99. The minimum absolute atomic E-state index is 0.0211. The number of nitrogens with one attached hydrogen (secondary N) is 1. The molecule has 28 heavy (non-hydrogen) atoms. The highest BCUT2D eigenvalue weighted by molar-refractivity contribution is 6.30. The minimum Gasteiger partial charge on any atom is -0.368 e. The molecule has 1 fully saturated rings. The molecule has 1 aliphatic carbocycles. The van der Waals surface area contributed by atoms with E-state index >= 15 is 0 Å². The van der Waals surface area contributed by atoms with E-state index in [-0.39, 0.29) is 30.0 Å². The van der Waals surface area contributed by atoms with Gasteiger partial charge in [-0.05, 0) is 30.5 Å². The number of halogens is 1. The van der Waals surface area contributed by atoms with Crippen molar-refractivity contribution < 1.29 is 19.2 Å². The third kappa shape index (κ3) is 4.05. The lowest BCUT2D eigenvalue weighted by molar-refractivity contribution is -0.144. The molecule has 0 saturated carbocycles. The first-order valence-electron chi connectivity index (χ1n) is 8.93. The number of benzene rings is 1. The van der Waals surface area contributed by atoms with Crippen molar-refractivity contribution in [1.29, 1.82) is 0 Å². The van der Waals surface area contributed by atoms with Crippen molar-refractivity contribution in [2.24, 2.45) is 5.73 Å². The lowest BCUT2D eigenvalue weighted by Gasteiger charge is -2.22. The van der Waals surface area contributed by atoms with Crippen molar-refractivity contribution in [3.63, 3.8) is 0 Å². The maximum atomic E-state index is 12.8. The zero-order valence-corrected chi connectivity index (χ0v) is 15.8. The van der Waals surface area contributed by atoms with Gasteiger partial charge in [0.1, 0.15) is 12.3 Å². The van der Waals surface area contributed by atoms with Gasteiger partial charge >= 0.3 is 0 Å². The second kappa shape index (κ2) is 8.50. The van der Waals surface area contributed by atoms with Gasteiger partial charge in [-0.2, -0.15) is 0 Å². The Kier molecular flexibility index (Phi) is 6.06. The molecule has 1 saturated heterocycles. The number of nitrogens with two attached hydrogens (primary N) is 1. The van der Waals surface area contributed by atoms with E-state index in [1.165, 1.54) is 0 Å². The molecule has 3 amide bonds. The smallest absolute Gasteiger partial charge is 0.262 e. The summed E-state index contributed by atoms with van der Waals surface area (Å²) in [5, 5.41) is 3.96. The zero-order valence-electron chi connectivity index (χ0n) is 15.1. The lowest BCUT2D eigenvalue weighted by atomic mass is 9.96. The molecule has 0 spiro atoms. The Balaban J connectivity index is 1.75. The van der Waals surface area contributed by atoms with Crippen LogP contribution in [0.15, 0.2) is 47.6 Å². The van der Waals surface area contributed by atoms with Crippen LogP contribution in [-0.4, -0.2) is 41.0 Å². The summed E-state index contributed by atoms with van der Waals surface area (Å²) in [6, 6.07) is 6.16. The highest BCUT2D eigenvalue weighted by atomic mass is 35.5. The predicted octanol–water partition coefficient (Wildman–Crippen LogP) is 1.26. The molecule has 3 N–H and O–H groups in total. The Bertz CT molecular complexity index is 893. The number of nitrogens with zero attached hydrogens (tertiary/aromatic N) is 1. The molecule has 2 aliphatic rings. The van der Waals surface area contributed by atoms with E-state index in [4.69, 9.17) is 17.3 Å². The molecule has 1 heterocycles. The van der Waals surface area contributed by atoms with Gasteiger partial charge in [-0.3, -0.25) is 19.3 Å². The third-order valence-electron chi connectivity index (χ3n) is 4.79. The molecule has 0 radical (unpaired) electrons. The van der Waals surface area contributed by atoms with Gasteiger partial charge < -0.3 is 15.8 Å². The van der Waals surface area contributed by atoms with Gasteiger partial charge in [-0.25, -0.2) is 0 Å². The van der Waals surface area contributed by atoms with Crippen LogP contribution >= 0.6 is 11.6 Å². The van der Waals surface area contributed by atoms with Crippen LogP contribution in [0.2, 0.25) is 5.02 Å². The van der Waals surface area contributed by atoms with Crippen molar-refractivity contribution in [1.82, 2.24) is 10.2 Å². The van der Waals surface area contributed by atoms with Crippen LogP contribution in [0.25, 0.3) is 0 Å². The number of hydrogen-bond donors (Lipinski definition) is 2. The van der Waals surface area contributed by atoms with Crippen molar-refractivity contribution in [3.8, 4) is 0 Å². The summed E-state index contributed by atoms with van der Waals surface area (Å²) in [5.41, 5.74) is 6.90. The van der Waals surface area contributed by atoms with Gasteiger partial charge in [0, 0.05) is 29.6 Å². The van der Waals surface area contributed by atoms with Crippen LogP contribution in [-0.2, 0) is 25.7 Å². The Hall–Kier alpha value is -2.77. The molecule has 3 rings (SSSR count). The monoisotopic (exact) mass is 401 g/mol. The largest absolute Gasteiger partial charge is 0.368 e. The number of carbonyl (C=O) groups excluding carboxylic acids is 4. The Morgan fingerprint density at radius 2 is 2.07 bits per heavy atom. The van der Waals surface area contributed by atoms with Crippen LogP contribution in [0.5, 0.6) is 0 Å². The van der Waals surface area contributed by atoms with Crippen molar-refractivity contribution >= 4 is 35.6 Å². The van der Waals surface area contributed by atoms with Gasteiger partial charge in [0.05, 0.1) is 5.57 Å². The second-order valence-corrected chi connectivity index (χ2v) is 7.13. The third-order valence-corrected chi connectivity index (χ3v) is 5.02. The predicted molar refractivity (Wildman–Crippen MR) is 103 cm³/mol. The zero-order chi connectivity index (χ0) is 20.3. The molecule has 146 valence electrons. The van der Waals surface area contributed by atoms with E-state index in [1.54, 1.807) is 18.2 Å². The normalized spacial score (nSPS) is 19.8. The number of imide groups is 1. The maximum absolute atomic E-state index is 12.8. The molecule has 0 aromatic heterocycles. The number of primary amides is 1. The van der Waals surface area contributed by atoms with Crippen LogP contribution < -0.4 is 11.1 Å². The Labute approximate surface area is 167 Å². The van der Waals surface area contributed by atoms with E-state index in [0.717, 1.165) is 10.5 Å². The number of likely N-dealkylation sites (tertiary alicyclic amines) is 1. The number of amides is 3. The molecule has 7 nitrogen and oxygen atoms in total. The molecular weight excluding hydrogens is 382 g/mol. The highest BCUT2D eigenvalue weighted by Crippen LogP contribution is 2.32. The fraction of sp³-hybridized carbons (Fsp3) is 0.300. The van der Waals surface area contributed by atoms with Gasteiger partial charge in [-0.1, -0.05) is 35.9 Å². The van der Waals surface area contributed by atoms with E-state index in [2.05, 4.69) is 5.32 Å². The summed E-state index contributed by atoms with van der Waals surface area (Å²) in [7, 11) is 0. The fourth-order valence-electron chi connectivity index (χ4n) is 3.40. The quantitative estimate of drug-likeness (QED) is 0.503. The van der Waals surface area contributed by atoms with Crippen LogP contribution in [0.1, 0.15) is 24.8 Å². The lowest BCUT2D eigenvalue weighted by Crippen LogP contribution is -2.47. The van der Waals surface area contributed by atoms with Crippen LogP contribution in [0.4, 0.5) is 0 Å². The number of fused-ring (bicyclic) bond motifs is 1. The standard InChI is InChI=1S/C20H20ClN3O4/c21-13-4-1-3-12(9-13)11-23-14-6-7-15-16(10-14)20(28)24(19(15)27)17(18(22)26)5-2-8-25/h1,3-4,7-10,14,17,23H,2,5-6,11H2,(H2,22,26). The topological polar surface area (TPSA) is 110 Å². The maximum Gasteiger partial charge on any atom is 0.262 e. The summed E-state index contributed by atoms with van der Waals surface area (Å²) in [6.07, 6.45) is 4.62. The molecule has 1 aliphatic heterocycles. The first kappa shape index (κ1) is 20.0. The van der Waals surface area contributed by atoms with Crippen LogP contribution in [0.3, 0.4) is 0 Å². The first-order chi connectivity index (χ1) is 13.4. The molecule has 8 heteroatoms. The second-order valence-electron chi connectivity index (χ2n) is 6.69. The van der Waals surface area contributed by atoms with Gasteiger partial charge in [0.2, 0.25) is 5.91 Å². The van der Waals surface area contributed by atoms with Gasteiger partial charge in [0.25, 0.3) is 11.8 Å². The Morgan fingerprint density at radius 3 is 2.75 bits per heavy atom. The minimum atomic E-state index is -1.13. The molecule has 1 aromatic rings. The van der Waals surface area contributed by atoms with Gasteiger partial charge in [-0.15, -0.1) is 0 Å². The summed E-state index contributed by atoms with van der Waals surface area (Å²) in [6.45, 7) is 0.549. The number of rotatable bonds is 8. The van der Waals surface area contributed by atoms with E-state index in [1.807, 2.05) is 18.2 Å². The van der Waals surface area contributed by atoms with E-state index < -0.39 is 23.8 Å². The summed E-state index contributed by atoms with van der Waals surface area (Å²) in [4.78, 5) is 48.7. The van der Waals surface area contributed by atoms with E-state index in [0.29, 0.717) is 24.3 Å². The van der Waals surface area contributed by atoms with E-state index in [9.17, 15) is 19.2 Å². The van der Waals surface area contributed by atoms with Gasteiger partial charge in [0.15, 0.2) is 0 Å². The summed E-state index contributed by atoms with van der Waals surface area (Å²) < 4.78 is 0. The molecular formula is C20H20ClN3O4. The molecule has 2 atom stereocenters. The Morgan fingerprint density at radius 1 is 1.32 bits per heavy atom. The average molecular weight is 402 g/mol. The molecule has 1 aromatic carbocycles. The van der Waals surface area contributed by atoms with Crippen molar-refractivity contribution in [3.05, 3.63) is 58.1 Å². The van der Waals surface area contributed by atoms with Crippen LogP contribution in [0, 0.1) is 0 Å². The van der Waals surface area contributed by atoms with Crippen molar-refractivity contribution in [2.75, 3.05) is 0 Å². The van der Waals surface area contributed by atoms with Crippen molar-refractivity contribution in [2.45, 2.75) is 37.9 Å². The number of aldehydes is 1. The number of carbonyl (C=O) groups is 4. The summed E-state index contributed by atoms with van der Waals surface area (Å²) in [5.74, 6) is -1.90. The average Bonchev–Trinajstić information content (AvgIpc) is 2.91. The molecule has 2 unspecified atom stereocenters. The SMILES string of the molecule is NC(=O)C(CCC=O)N1C(=O)C2=CCC(NCc3cccc(Cl)c3)C=C2C1=O. The number of hydrogen-bond acceptors (Lipinski definition) is 5. The first-order valence-corrected chi connectivity index (χ1v) is 9.31. The highest BCUT2D eigenvalue weighted by Gasteiger charge is 2.45. The molecule has 0 bridgehead atoms. The fourth-order valence-corrected chi connectivity index (χ4v) is 3.61.